The maximum atomic E-state index is 13.4. The standard InChI is InChI=1S/C57H63N9O12/c1-33-12-19-44(77-33)53(57(2,3)4)61-49-48(51(68)52(49)69)60-43-11-9-10-41(50(43)67)55(71)59-31-35-32-66(63-62-35)21-23-75-25-27-76-26-24-74-22-20-58-54(70)34-13-16-38(56(72)73)42(28-34)47-39-17-14-36(64(5)6)29-45(39)78-46-30-37(65(7)8)15-18-40(46)47/h9-19,28-30,32,53H,20-27,31H2,1-8H3,(H5-,58,59,60,61,62,63,67,68,69,70,71,72,73)/t53-/m0/s1. The summed E-state index contributed by atoms with van der Waals surface area (Å²) in [6.45, 7) is 10.0. The second kappa shape index (κ2) is 24.1. The number of furan rings is 1. The van der Waals surface area contributed by atoms with Gasteiger partial charge in [0, 0.05) is 66.1 Å². The number of benzene rings is 4. The van der Waals surface area contributed by atoms with E-state index in [-0.39, 0.29) is 60.1 Å². The molecular formula is C57H63N9O12. The number of amides is 2. The Bertz CT molecular complexity index is 3590. The highest BCUT2D eigenvalue weighted by atomic mass is 16.5. The summed E-state index contributed by atoms with van der Waals surface area (Å²) in [5.74, 6) is -0.953. The third-order valence-electron chi connectivity index (χ3n) is 12.9. The molecule has 1 atom stereocenters. The van der Waals surface area contributed by atoms with Crippen LogP contribution in [0.4, 0.5) is 22.7 Å². The third-order valence-corrected chi connectivity index (χ3v) is 12.9. The predicted octanol–water partition coefficient (Wildman–Crippen LogP) is 4.81. The molecule has 1 aliphatic carbocycles. The van der Waals surface area contributed by atoms with Crippen LogP contribution in [0.1, 0.15) is 75.1 Å². The van der Waals surface area contributed by atoms with E-state index in [1.807, 2.05) is 114 Å². The van der Waals surface area contributed by atoms with Crippen molar-refractivity contribution in [2.75, 3.05) is 89.9 Å². The van der Waals surface area contributed by atoms with Crippen molar-refractivity contribution >= 4 is 51.5 Å². The number of para-hydroxylation sites is 1. The molecule has 0 saturated heterocycles. The highest BCUT2D eigenvalue weighted by molar-refractivity contribution is 6.09. The van der Waals surface area contributed by atoms with E-state index in [1.165, 1.54) is 30.3 Å². The average molecular weight is 1070 g/mol. The van der Waals surface area contributed by atoms with Gasteiger partial charge >= 0.3 is 0 Å². The SMILES string of the molecule is Cc1ccc([C@H](Nc2c(Nc3cccc(C(=O)NCc4cn(CCOCCOCCOCCNC(=O)c5ccc(C(=O)[O-])c(-c6c7ccc(=[N+](C)C)cc-7oc7cc(N(C)C)ccc67)c5)nn4)c3O)c(=O)c2=O)C(C)(C)C)o1. The van der Waals surface area contributed by atoms with Crippen LogP contribution in [0.15, 0.2) is 110 Å². The number of aromatic carboxylic acids is 1. The molecule has 3 heterocycles. The molecule has 5 N–H and O–H groups in total. The predicted molar refractivity (Wildman–Crippen MR) is 292 cm³/mol. The number of fused-ring (bicyclic) bond motifs is 2. The number of anilines is 4. The lowest BCUT2D eigenvalue weighted by molar-refractivity contribution is -0.254. The Morgan fingerprint density at radius 3 is 2.23 bits per heavy atom. The topological polar surface area (TPSA) is 268 Å². The van der Waals surface area contributed by atoms with Crippen molar-refractivity contribution in [3.63, 3.8) is 0 Å². The summed E-state index contributed by atoms with van der Waals surface area (Å²) < 4.78 is 32.7. The van der Waals surface area contributed by atoms with Crippen LogP contribution in [0.25, 0.3) is 33.4 Å². The summed E-state index contributed by atoms with van der Waals surface area (Å²) in [6.07, 6.45) is 1.66. The van der Waals surface area contributed by atoms with Gasteiger partial charge in [-0.25, -0.2) is 9.26 Å². The van der Waals surface area contributed by atoms with Gasteiger partial charge in [-0.2, -0.15) is 0 Å². The number of aromatic hydroxyl groups is 1. The highest BCUT2D eigenvalue weighted by Crippen LogP contribution is 2.43. The van der Waals surface area contributed by atoms with Gasteiger partial charge in [-0.3, -0.25) is 19.2 Å². The van der Waals surface area contributed by atoms with Gasteiger partial charge in [0.05, 0.1) is 88.3 Å². The lowest BCUT2D eigenvalue weighted by atomic mass is 9.85. The number of phenols is 1. The molecule has 6 aromatic rings. The second-order valence-electron chi connectivity index (χ2n) is 20.1. The minimum atomic E-state index is -1.38. The van der Waals surface area contributed by atoms with Gasteiger partial charge in [0.15, 0.2) is 5.75 Å². The number of carboxylic acids is 1. The van der Waals surface area contributed by atoms with Gasteiger partial charge in [0.25, 0.3) is 22.7 Å². The Hall–Kier alpha value is -8.66. The fraction of sp³-hybridized carbons (Fsp3) is 0.333. The highest BCUT2D eigenvalue weighted by Gasteiger charge is 2.33. The first-order chi connectivity index (χ1) is 37.3. The van der Waals surface area contributed by atoms with Crippen molar-refractivity contribution in [3.05, 3.63) is 151 Å². The summed E-state index contributed by atoms with van der Waals surface area (Å²) >= 11 is 0. The van der Waals surface area contributed by atoms with Gasteiger partial charge in [0.2, 0.25) is 5.36 Å². The molecule has 8 rings (SSSR count). The normalized spacial score (nSPS) is 12.0. The van der Waals surface area contributed by atoms with Crippen LogP contribution in [0.3, 0.4) is 0 Å². The number of rotatable bonds is 24. The van der Waals surface area contributed by atoms with Gasteiger partial charge in [-0.15, -0.1) is 5.10 Å². The molecule has 0 radical (unpaired) electrons. The van der Waals surface area contributed by atoms with Crippen LogP contribution in [-0.2, 0) is 27.3 Å². The fourth-order valence-corrected chi connectivity index (χ4v) is 8.70. The number of hydrogen-bond acceptors (Lipinski definition) is 17. The molecule has 0 saturated carbocycles. The fourth-order valence-electron chi connectivity index (χ4n) is 8.70. The first kappa shape index (κ1) is 55.6. The molecule has 408 valence electrons. The number of carboxylic acid groups (broad SMARTS) is 1. The zero-order valence-electron chi connectivity index (χ0n) is 44.8. The lowest BCUT2D eigenvalue weighted by Gasteiger charge is -2.31. The van der Waals surface area contributed by atoms with E-state index in [4.69, 9.17) is 23.0 Å². The van der Waals surface area contributed by atoms with E-state index < -0.39 is 45.8 Å². The van der Waals surface area contributed by atoms with Crippen molar-refractivity contribution in [2.45, 2.75) is 46.8 Å². The molecule has 2 aliphatic rings. The average Bonchev–Trinajstić information content (AvgIpc) is 4.15. The van der Waals surface area contributed by atoms with E-state index in [2.05, 4.69) is 31.6 Å². The zero-order chi connectivity index (χ0) is 55.8. The van der Waals surface area contributed by atoms with Gasteiger partial charge in [-0.05, 0) is 72.5 Å². The maximum absolute atomic E-state index is 13.4. The molecule has 21 nitrogen and oxygen atoms in total. The molecule has 0 bridgehead atoms. The van der Waals surface area contributed by atoms with Crippen LogP contribution < -0.4 is 52.1 Å². The Labute approximate surface area is 449 Å². The van der Waals surface area contributed by atoms with Gasteiger partial charge < -0.3 is 64.2 Å². The number of nitrogens with one attached hydrogen (secondary N) is 4. The molecule has 78 heavy (non-hydrogen) atoms. The third kappa shape index (κ3) is 12.8. The van der Waals surface area contributed by atoms with Crippen molar-refractivity contribution in [1.82, 2.24) is 30.2 Å². The summed E-state index contributed by atoms with van der Waals surface area (Å²) in [6, 6.07) is 23.5. The smallest absolute Gasteiger partial charge is 0.255 e. The quantitative estimate of drug-likeness (QED) is 0.0179. The number of carbonyl (C=O) groups excluding carboxylic acids is 3. The van der Waals surface area contributed by atoms with Crippen molar-refractivity contribution in [2.24, 2.45) is 5.41 Å². The van der Waals surface area contributed by atoms with Gasteiger partial charge in [0.1, 0.15) is 54.0 Å². The molecule has 21 heteroatoms. The largest absolute Gasteiger partial charge is 0.545 e. The lowest BCUT2D eigenvalue weighted by Crippen LogP contribution is -2.39. The number of carbonyl (C=O) groups is 3. The maximum Gasteiger partial charge on any atom is 0.255 e. The molecule has 0 spiro atoms. The minimum Gasteiger partial charge on any atom is -0.545 e. The van der Waals surface area contributed by atoms with Crippen molar-refractivity contribution in [3.8, 4) is 28.2 Å². The summed E-state index contributed by atoms with van der Waals surface area (Å²) in [4.78, 5) is 66.5. The van der Waals surface area contributed by atoms with Crippen LogP contribution in [-0.4, -0.2) is 112 Å². The first-order valence-electron chi connectivity index (χ1n) is 25.3. The molecule has 4 aromatic carbocycles. The van der Waals surface area contributed by atoms with E-state index in [1.54, 1.807) is 16.9 Å². The van der Waals surface area contributed by atoms with E-state index in [0.717, 1.165) is 11.0 Å². The van der Waals surface area contributed by atoms with Crippen LogP contribution in [0.2, 0.25) is 0 Å². The Morgan fingerprint density at radius 2 is 1.54 bits per heavy atom. The van der Waals surface area contributed by atoms with Gasteiger partial charge in [-0.1, -0.05) is 38.1 Å². The van der Waals surface area contributed by atoms with Crippen molar-refractivity contribution < 1.29 is 47.6 Å². The Kier molecular flexibility index (Phi) is 17.2. The number of hydrogen-bond donors (Lipinski definition) is 5. The van der Waals surface area contributed by atoms with Crippen LogP contribution in [0, 0.1) is 12.3 Å². The van der Waals surface area contributed by atoms with E-state index >= 15 is 0 Å². The van der Waals surface area contributed by atoms with E-state index in [9.17, 15) is 34.2 Å². The van der Waals surface area contributed by atoms with Crippen LogP contribution >= 0.6 is 0 Å². The summed E-state index contributed by atoms with van der Waals surface area (Å²) in [5, 5.41) is 45.0. The first-order valence-corrected chi connectivity index (χ1v) is 25.3. The molecule has 0 unspecified atom stereocenters. The number of phenolic OH excluding ortho intramolecular Hbond substituents is 1. The summed E-state index contributed by atoms with van der Waals surface area (Å²) in [7, 11) is 7.68. The monoisotopic (exact) mass is 1070 g/mol. The molecule has 1 aliphatic heterocycles. The number of nitrogens with zero attached hydrogens (tertiary/aromatic N) is 5. The molecule has 2 amide bonds. The Balaban J connectivity index is 0.741. The van der Waals surface area contributed by atoms with Crippen molar-refractivity contribution in [1.29, 1.82) is 0 Å². The van der Waals surface area contributed by atoms with E-state index in [0.29, 0.717) is 83.6 Å². The Morgan fingerprint density at radius 1 is 0.808 bits per heavy atom. The van der Waals surface area contributed by atoms with Crippen LogP contribution in [0.5, 0.6) is 5.75 Å². The number of ether oxygens (including phenoxy) is 3. The molecular weight excluding hydrogens is 1000 g/mol. The zero-order valence-corrected chi connectivity index (χ0v) is 44.8. The second-order valence-corrected chi connectivity index (χ2v) is 20.1. The number of aryl methyl sites for hydroxylation is 1. The molecule has 2 aromatic heterocycles. The summed E-state index contributed by atoms with van der Waals surface area (Å²) in [5.41, 5.74) is 1.84. The molecule has 0 fully saturated rings. The number of aromatic nitrogens is 3. The minimum absolute atomic E-state index is 0.00559.